The quantitative estimate of drug-likeness (QED) is 0.535. The number of nitrogens with one attached hydrogen (secondary N) is 1. The maximum Gasteiger partial charge on any atom is 0.162 e. The first-order valence-electron chi connectivity index (χ1n) is 10.1. The van der Waals surface area contributed by atoms with E-state index in [1.165, 1.54) is 24.0 Å². The summed E-state index contributed by atoms with van der Waals surface area (Å²) in [7, 11) is 1.71. The molecule has 4 atom stereocenters. The fourth-order valence-electron chi connectivity index (χ4n) is 4.21. The summed E-state index contributed by atoms with van der Waals surface area (Å²) < 4.78 is 18.2. The fraction of sp³-hybridized carbons (Fsp3) is 0.636. The van der Waals surface area contributed by atoms with Crippen molar-refractivity contribution < 1.29 is 14.2 Å². The fourth-order valence-corrected chi connectivity index (χ4v) is 4.21. The third kappa shape index (κ3) is 3.98. The molecule has 0 aromatic heterocycles. The highest BCUT2D eigenvalue weighted by Gasteiger charge is 2.43. The van der Waals surface area contributed by atoms with Crippen molar-refractivity contribution in [3.05, 3.63) is 42.0 Å². The van der Waals surface area contributed by atoms with Crippen molar-refractivity contribution in [2.45, 2.75) is 57.0 Å². The Morgan fingerprint density at radius 1 is 1.31 bits per heavy atom. The number of hydrogen-bond acceptors (Lipinski definition) is 4. The lowest BCUT2D eigenvalue weighted by atomic mass is 9.87. The molecule has 1 heterocycles. The highest BCUT2D eigenvalue weighted by atomic mass is 16.7. The molecule has 26 heavy (non-hydrogen) atoms. The van der Waals surface area contributed by atoms with Crippen molar-refractivity contribution in [3.8, 4) is 5.75 Å². The summed E-state index contributed by atoms with van der Waals surface area (Å²) in [5, 5.41) is 3.59. The molecule has 1 aromatic rings. The van der Waals surface area contributed by atoms with Gasteiger partial charge in [-0.2, -0.15) is 0 Å². The number of ether oxygens (including phenoxy) is 3. The molecule has 4 unspecified atom stereocenters. The van der Waals surface area contributed by atoms with Crippen LogP contribution in [0.3, 0.4) is 0 Å². The summed E-state index contributed by atoms with van der Waals surface area (Å²) in [6.07, 6.45) is 8.91. The lowest BCUT2D eigenvalue weighted by Gasteiger charge is -2.25. The number of benzene rings is 1. The number of hydrogen-bond donors (Lipinski definition) is 1. The van der Waals surface area contributed by atoms with E-state index in [1.807, 2.05) is 12.1 Å². The van der Waals surface area contributed by atoms with E-state index in [4.69, 9.17) is 14.2 Å². The summed E-state index contributed by atoms with van der Waals surface area (Å²) >= 11 is 0. The molecular weight excluding hydrogens is 326 g/mol. The van der Waals surface area contributed by atoms with Gasteiger partial charge in [0.1, 0.15) is 11.9 Å². The zero-order valence-corrected chi connectivity index (χ0v) is 15.8. The molecule has 0 spiro atoms. The molecule has 0 radical (unpaired) electrons. The zero-order chi connectivity index (χ0) is 17.9. The first kappa shape index (κ1) is 18.0. The van der Waals surface area contributed by atoms with Gasteiger partial charge in [0.15, 0.2) is 6.29 Å². The lowest BCUT2D eigenvalue weighted by molar-refractivity contribution is -0.105. The van der Waals surface area contributed by atoms with Crippen molar-refractivity contribution in [3.63, 3.8) is 0 Å². The SMILES string of the molecule is C=CCC(CCNCC1CC1)C1OC2CCc3ccc(OC)cc3C2O1. The second kappa shape index (κ2) is 8.12. The topological polar surface area (TPSA) is 39.7 Å². The summed E-state index contributed by atoms with van der Waals surface area (Å²) in [6.45, 7) is 6.12. The van der Waals surface area contributed by atoms with Crippen LogP contribution < -0.4 is 10.1 Å². The second-order valence-electron chi connectivity index (χ2n) is 7.92. The third-order valence-corrected chi connectivity index (χ3v) is 5.96. The van der Waals surface area contributed by atoms with E-state index >= 15 is 0 Å². The van der Waals surface area contributed by atoms with Gasteiger partial charge in [-0.3, -0.25) is 0 Å². The molecule has 4 heteroatoms. The molecule has 1 saturated heterocycles. The summed E-state index contributed by atoms with van der Waals surface area (Å²) in [6, 6.07) is 6.33. The first-order chi connectivity index (χ1) is 12.8. The Morgan fingerprint density at radius 2 is 2.19 bits per heavy atom. The standard InChI is InChI=1S/C22H31NO3/c1-3-4-17(11-12-23-14-15-5-6-15)22-25-20-10-8-16-7-9-18(24-2)13-19(16)21(20)26-22/h3,7,9,13,15,17,20-23H,1,4-6,8,10-12,14H2,2H3. The molecule has 2 fully saturated rings. The van der Waals surface area contributed by atoms with Crippen LogP contribution in [0.1, 0.15) is 49.3 Å². The molecule has 1 saturated carbocycles. The largest absolute Gasteiger partial charge is 0.497 e. The Kier molecular flexibility index (Phi) is 5.63. The van der Waals surface area contributed by atoms with Gasteiger partial charge in [-0.15, -0.1) is 6.58 Å². The van der Waals surface area contributed by atoms with Crippen molar-refractivity contribution in [2.75, 3.05) is 20.2 Å². The van der Waals surface area contributed by atoms with Crippen LogP contribution in [-0.4, -0.2) is 32.6 Å². The first-order valence-corrected chi connectivity index (χ1v) is 10.1. The van der Waals surface area contributed by atoms with Crippen LogP contribution in [0.5, 0.6) is 5.75 Å². The molecule has 3 aliphatic rings. The highest BCUT2D eigenvalue weighted by Crippen LogP contribution is 2.44. The predicted octanol–water partition coefficient (Wildman–Crippen LogP) is 4.01. The smallest absolute Gasteiger partial charge is 0.162 e. The summed E-state index contributed by atoms with van der Waals surface area (Å²) in [5.41, 5.74) is 2.61. The minimum Gasteiger partial charge on any atom is -0.497 e. The molecule has 4 rings (SSSR count). The van der Waals surface area contributed by atoms with Crippen molar-refractivity contribution in [2.24, 2.45) is 11.8 Å². The number of allylic oxidation sites excluding steroid dienone is 1. The summed E-state index contributed by atoms with van der Waals surface area (Å²) in [5.74, 6) is 2.17. The van der Waals surface area contributed by atoms with Crippen molar-refractivity contribution in [1.29, 1.82) is 0 Å². The minimum atomic E-state index is -0.136. The van der Waals surface area contributed by atoms with Gasteiger partial charge in [-0.1, -0.05) is 12.1 Å². The van der Waals surface area contributed by atoms with Crippen LogP contribution in [0.15, 0.2) is 30.9 Å². The van der Waals surface area contributed by atoms with E-state index in [0.717, 1.165) is 50.4 Å². The van der Waals surface area contributed by atoms with Crippen molar-refractivity contribution in [1.82, 2.24) is 5.32 Å². The summed E-state index contributed by atoms with van der Waals surface area (Å²) in [4.78, 5) is 0. The van der Waals surface area contributed by atoms with Crippen LogP contribution in [0.25, 0.3) is 0 Å². The predicted molar refractivity (Wildman–Crippen MR) is 102 cm³/mol. The van der Waals surface area contributed by atoms with Gasteiger partial charge in [0.2, 0.25) is 0 Å². The lowest BCUT2D eigenvalue weighted by Crippen LogP contribution is -2.27. The van der Waals surface area contributed by atoms with Gasteiger partial charge in [0, 0.05) is 5.92 Å². The molecule has 2 aliphatic carbocycles. The van der Waals surface area contributed by atoms with Crippen LogP contribution >= 0.6 is 0 Å². The second-order valence-corrected chi connectivity index (χ2v) is 7.92. The monoisotopic (exact) mass is 357 g/mol. The Balaban J connectivity index is 1.40. The van der Waals surface area contributed by atoms with Crippen LogP contribution in [-0.2, 0) is 15.9 Å². The molecule has 0 bridgehead atoms. The van der Waals surface area contributed by atoms with E-state index < -0.39 is 0 Å². The van der Waals surface area contributed by atoms with Crippen LogP contribution in [0.2, 0.25) is 0 Å². The third-order valence-electron chi connectivity index (χ3n) is 5.96. The Morgan fingerprint density at radius 3 is 2.96 bits per heavy atom. The molecule has 1 aliphatic heterocycles. The molecular formula is C22H31NO3. The Bertz CT molecular complexity index is 628. The van der Waals surface area contributed by atoms with E-state index in [-0.39, 0.29) is 18.5 Å². The Hall–Kier alpha value is -1.36. The van der Waals surface area contributed by atoms with Gasteiger partial charge in [0.05, 0.1) is 13.2 Å². The minimum absolute atomic E-state index is 0.0330. The van der Waals surface area contributed by atoms with E-state index in [0.29, 0.717) is 5.92 Å². The Labute approximate surface area is 156 Å². The van der Waals surface area contributed by atoms with Gasteiger partial charge in [-0.25, -0.2) is 0 Å². The maximum absolute atomic E-state index is 6.44. The number of fused-ring (bicyclic) bond motifs is 3. The zero-order valence-electron chi connectivity index (χ0n) is 15.8. The molecule has 0 amide bonds. The number of rotatable bonds is 9. The number of aryl methyl sites for hydroxylation is 1. The highest BCUT2D eigenvalue weighted by molar-refractivity contribution is 5.39. The van der Waals surface area contributed by atoms with Gasteiger partial charge in [0.25, 0.3) is 0 Å². The van der Waals surface area contributed by atoms with Gasteiger partial charge in [-0.05, 0) is 80.8 Å². The van der Waals surface area contributed by atoms with Crippen LogP contribution in [0.4, 0.5) is 0 Å². The van der Waals surface area contributed by atoms with E-state index in [9.17, 15) is 0 Å². The van der Waals surface area contributed by atoms with Crippen molar-refractivity contribution >= 4 is 0 Å². The number of methoxy groups -OCH3 is 1. The average molecular weight is 357 g/mol. The normalized spacial score (nSPS) is 28.3. The maximum atomic E-state index is 6.44. The molecule has 4 nitrogen and oxygen atoms in total. The average Bonchev–Trinajstić information content (AvgIpc) is 3.39. The van der Waals surface area contributed by atoms with Gasteiger partial charge >= 0.3 is 0 Å². The molecule has 142 valence electrons. The molecule has 1 N–H and O–H groups in total. The van der Waals surface area contributed by atoms with Gasteiger partial charge < -0.3 is 19.5 Å². The van der Waals surface area contributed by atoms with E-state index in [2.05, 4.69) is 24.0 Å². The van der Waals surface area contributed by atoms with E-state index in [1.54, 1.807) is 7.11 Å². The van der Waals surface area contributed by atoms with Crippen LogP contribution in [0, 0.1) is 11.8 Å². The molecule has 1 aromatic carbocycles.